The Balaban J connectivity index is 2.03. The highest BCUT2D eigenvalue weighted by Gasteiger charge is 2.29. The zero-order valence-corrected chi connectivity index (χ0v) is 48.2. The van der Waals surface area contributed by atoms with Crippen LogP contribution in [0, 0.1) is 20.8 Å². The van der Waals surface area contributed by atoms with Crippen LogP contribution in [0.3, 0.4) is 0 Å². The number of carbonyl (C=O) groups is 4. The van der Waals surface area contributed by atoms with Crippen molar-refractivity contribution in [2.75, 3.05) is 59.3 Å². The summed E-state index contributed by atoms with van der Waals surface area (Å²) < 4.78 is 48.9. The summed E-state index contributed by atoms with van der Waals surface area (Å²) in [6.07, 6.45) is 5.41. The van der Waals surface area contributed by atoms with Crippen LogP contribution in [-0.2, 0) is 51.2 Å². The number of aryl methyl sites for hydroxylation is 3. The third-order valence-electron chi connectivity index (χ3n) is 11.3. The largest absolute Gasteiger partial charge is 0.481 e. The quantitative estimate of drug-likeness (QED) is 0.0299. The van der Waals surface area contributed by atoms with Gasteiger partial charge < -0.3 is 48.1 Å². The average molecular weight is 1050 g/mol. The number of benzene rings is 4. The zero-order chi connectivity index (χ0) is 56.1. The first-order chi connectivity index (χ1) is 35.9. The Labute approximate surface area is 453 Å². The number of carbonyl (C=O) groups excluding carboxylic acids is 4. The summed E-state index contributed by atoms with van der Waals surface area (Å²) in [6.45, 7) is 29.0. The van der Waals surface area contributed by atoms with E-state index in [4.69, 9.17) is 37.9 Å². The van der Waals surface area contributed by atoms with E-state index >= 15 is 0 Å². The Morgan fingerprint density at radius 3 is 1.36 bits per heavy atom. The van der Waals surface area contributed by atoms with Crippen LogP contribution < -0.4 is 19.5 Å². The van der Waals surface area contributed by atoms with Crippen LogP contribution in [-0.4, -0.2) is 105 Å². The number of hydrogen-bond acceptors (Lipinski definition) is 13. The van der Waals surface area contributed by atoms with Crippen LogP contribution in [0.25, 0.3) is 22.3 Å². The van der Waals surface area contributed by atoms with Gasteiger partial charge in [-0.15, -0.1) is 0 Å². The molecule has 1 amide bonds. The third kappa shape index (κ3) is 21.9. The molecule has 0 heterocycles. The summed E-state index contributed by atoms with van der Waals surface area (Å²) in [6, 6.07) is 20.9. The van der Waals surface area contributed by atoms with Gasteiger partial charge in [0.05, 0.1) is 0 Å². The van der Waals surface area contributed by atoms with E-state index in [0.29, 0.717) is 90.8 Å². The van der Waals surface area contributed by atoms with Crippen molar-refractivity contribution in [2.24, 2.45) is 0 Å². The fourth-order valence-electron chi connectivity index (χ4n) is 8.32. The molecule has 0 saturated heterocycles. The topological polar surface area (TPSA) is 157 Å². The van der Waals surface area contributed by atoms with Gasteiger partial charge in [-0.1, -0.05) is 57.0 Å². The van der Waals surface area contributed by atoms with Gasteiger partial charge in [0.15, 0.2) is 19.8 Å². The van der Waals surface area contributed by atoms with E-state index in [1.807, 2.05) is 75.4 Å². The number of unbranched alkanes of at least 4 members (excludes halogenated alkanes) is 2. The highest BCUT2D eigenvalue weighted by Crippen LogP contribution is 2.48. The molecule has 4 aromatic rings. The normalized spacial score (nSPS) is 11.8. The molecule has 1 N–H and O–H groups in total. The van der Waals surface area contributed by atoms with Crippen molar-refractivity contribution in [3.8, 4) is 39.5 Å². The standard InChI is InChI=1S/C62H88N2O12/c1-15-17-28-69-30-22-26-63-38-47-32-43(3)34-49(56(47)71-40-53(65)74-60(6,7)8)51-36-45(5)37-52(58(51)73-42-55(67)76-62(12,13)14)50-35-44(4)33-48(57(50)72-41-54(66)75-61(9,10)11)39-64(27-23-31-70-29-18-16-2)59(68)46-24-20-19-21-25-46/h19-21,24-25,32-37,63H,15-18,22-23,26-31,38-42H2,1-14H3. The molecular weight excluding hydrogens is 965 g/mol. The lowest BCUT2D eigenvalue weighted by molar-refractivity contribution is -0.158. The average Bonchev–Trinajstić information content (AvgIpc) is 3.32. The van der Waals surface area contributed by atoms with Crippen molar-refractivity contribution in [1.82, 2.24) is 10.2 Å². The minimum Gasteiger partial charge on any atom is -0.481 e. The first kappa shape index (κ1) is 62.6. The maximum absolute atomic E-state index is 14.5. The predicted octanol–water partition coefficient (Wildman–Crippen LogP) is 12.3. The Kier molecular flexibility index (Phi) is 24.8. The highest BCUT2D eigenvalue weighted by molar-refractivity contribution is 5.94. The number of ether oxygens (including phenoxy) is 8. The van der Waals surface area contributed by atoms with Crippen LogP contribution in [0.4, 0.5) is 0 Å². The smallest absolute Gasteiger partial charge is 0.344 e. The molecule has 0 aliphatic rings. The maximum Gasteiger partial charge on any atom is 0.344 e. The van der Waals surface area contributed by atoms with Gasteiger partial charge in [-0.2, -0.15) is 0 Å². The van der Waals surface area contributed by atoms with Gasteiger partial charge >= 0.3 is 17.9 Å². The number of nitrogens with zero attached hydrogens (tertiary/aromatic N) is 1. The molecule has 418 valence electrons. The fraction of sp³-hybridized carbons (Fsp3) is 0.548. The summed E-state index contributed by atoms with van der Waals surface area (Å²) in [5, 5.41) is 3.55. The lowest BCUT2D eigenvalue weighted by atomic mass is 9.90. The van der Waals surface area contributed by atoms with Crippen molar-refractivity contribution in [2.45, 2.75) is 165 Å². The number of esters is 3. The molecule has 0 saturated carbocycles. The van der Waals surface area contributed by atoms with Crippen molar-refractivity contribution in [3.63, 3.8) is 0 Å². The van der Waals surface area contributed by atoms with Gasteiger partial charge in [0.25, 0.3) is 5.91 Å². The molecule has 14 nitrogen and oxygen atoms in total. The van der Waals surface area contributed by atoms with Gasteiger partial charge in [-0.25, -0.2) is 14.4 Å². The van der Waals surface area contributed by atoms with Crippen LogP contribution in [0.5, 0.6) is 17.2 Å². The Morgan fingerprint density at radius 1 is 0.500 bits per heavy atom. The van der Waals surface area contributed by atoms with E-state index in [1.165, 1.54) is 0 Å². The second-order valence-corrected chi connectivity index (χ2v) is 22.3. The molecule has 0 radical (unpaired) electrons. The molecule has 14 heteroatoms. The summed E-state index contributed by atoms with van der Waals surface area (Å²) in [5.74, 6) is -0.896. The van der Waals surface area contributed by atoms with Crippen molar-refractivity contribution < 1.29 is 57.1 Å². The van der Waals surface area contributed by atoms with Crippen molar-refractivity contribution in [3.05, 3.63) is 100 Å². The van der Waals surface area contributed by atoms with Crippen molar-refractivity contribution in [1.29, 1.82) is 0 Å². The monoisotopic (exact) mass is 1050 g/mol. The molecule has 0 aliphatic carbocycles. The second-order valence-electron chi connectivity index (χ2n) is 22.3. The van der Waals surface area contributed by atoms with Crippen LogP contribution >= 0.6 is 0 Å². The fourth-order valence-corrected chi connectivity index (χ4v) is 8.32. The Bertz CT molecular complexity index is 2500. The highest BCUT2D eigenvalue weighted by atomic mass is 16.6. The molecule has 0 aliphatic heterocycles. The van der Waals surface area contributed by atoms with E-state index in [1.54, 1.807) is 79.3 Å². The lowest BCUT2D eigenvalue weighted by Gasteiger charge is -2.27. The van der Waals surface area contributed by atoms with Crippen LogP contribution in [0.2, 0.25) is 0 Å². The molecule has 4 aromatic carbocycles. The Morgan fingerprint density at radius 2 is 0.895 bits per heavy atom. The first-order valence-corrected chi connectivity index (χ1v) is 27.0. The molecule has 0 aromatic heterocycles. The second kappa shape index (κ2) is 30.1. The van der Waals surface area contributed by atoms with E-state index in [0.717, 1.165) is 61.0 Å². The van der Waals surface area contributed by atoms with Gasteiger partial charge in [0.1, 0.15) is 34.1 Å². The molecule has 0 unspecified atom stereocenters. The predicted molar refractivity (Wildman–Crippen MR) is 299 cm³/mol. The van der Waals surface area contributed by atoms with E-state index in [2.05, 4.69) is 19.2 Å². The van der Waals surface area contributed by atoms with E-state index in [-0.39, 0.29) is 24.8 Å². The zero-order valence-electron chi connectivity index (χ0n) is 48.2. The van der Waals surface area contributed by atoms with E-state index < -0.39 is 47.9 Å². The summed E-state index contributed by atoms with van der Waals surface area (Å²) in [5.41, 5.74) is 4.32. The van der Waals surface area contributed by atoms with Gasteiger partial charge in [-0.05, 0) is 168 Å². The maximum atomic E-state index is 14.5. The number of nitrogens with one attached hydrogen (secondary N) is 1. The molecule has 0 bridgehead atoms. The molecule has 76 heavy (non-hydrogen) atoms. The molecule has 0 fully saturated rings. The van der Waals surface area contributed by atoms with Gasteiger partial charge in [0.2, 0.25) is 0 Å². The summed E-state index contributed by atoms with van der Waals surface area (Å²) in [7, 11) is 0. The first-order valence-electron chi connectivity index (χ1n) is 27.0. The molecule has 0 atom stereocenters. The molecule has 4 rings (SSSR count). The molecule has 0 spiro atoms. The van der Waals surface area contributed by atoms with Gasteiger partial charge in [0, 0.05) is 85.0 Å². The van der Waals surface area contributed by atoms with Crippen LogP contribution in [0.1, 0.15) is 153 Å². The summed E-state index contributed by atoms with van der Waals surface area (Å²) >= 11 is 0. The summed E-state index contributed by atoms with van der Waals surface area (Å²) in [4.78, 5) is 56.9. The minimum atomic E-state index is -0.805. The van der Waals surface area contributed by atoms with Gasteiger partial charge in [-0.3, -0.25) is 4.79 Å². The van der Waals surface area contributed by atoms with E-state index in [9.17, 15) is 19.2 Å². The SMILES string of the molecule is CCCCOCCCNCc1cc(C)cc(-c2cc(C)cc(-c3cc(C)cc(CN(CCCOCCCC)C(=O)c4ccccc4)c3OCC(=O)OC(C)(C)C)c2OCC(=O)OC(C)(C)C)c1OCC(=O)OC(C)(C)C. The third-order valence-corrected chi connectivity index (χ3v) is 11.3. The molecular formula is C62H88N2O12. The minimum absolute atomic E-state index is 0.107. The number of hydrogen-bond donors (Lipinski definition) is 1. The Hall–Kier alpha value is -5.96. The number of amides is 1. The lowest BCUT2D eigenvalue weighted by Crippen LogP contribution is -2.32. The number of rotatable bonds is 30. The van der Waals surface area contributed by atoms with Crippen LogP contribution in [0.15, 0.2) is 66.7 Å². The van der Waals surface area contributed by atoms with Crippen molar-refractivity contribution >= 4 is 23.8 Å².